The number of amides is 2. The van der Waals surface area contributed by atoms with Crippen molar-refractivity contribution < 1.29 is 19.1 Å². The Labute approximate surface area is 223 Å². The first-order chi connectivity index (χ1) is 17.1. The molecule has 196 valence electrons. The summed E-state index contributed by atoms with van der Waals surface area (Å²) in [4.78, 5) is 47.7. The lowest BCUT2D eigenvalue weighted by atomic mass is 10.2. The molecule has 0 radical (unpaired) electrons. The molecule has 0 aliphatic carbocycles. The molecular weight excluding hydrogens is 524 g/mol. The SMILES string of the molecule is CCOC(=O)c1c2sc(N(C(C)=O)N(CC)CC)nc2c(Cl)c2nc(N(C(C)=O)N(CC)CC)sc12. The third-order valence-electron chi connectivity index (χ3n) is 5.57. The standard InChI is InChI=1S/C23H31ClN6O4S2/c1-8-27(9-2)29(13(6)31)22-25-17-16(24)18-20(15(19(17)35-22)21(33)34-12-5)36-23(26-18)30(14(7)32)28(10-3)11-4/h8-12H2,1-7H3. The third-order valence-corrected chi connectivity index (χ3v) is 8.02. The molecule has 0 N–H and O–H groups in total. The minimum atomic E-state index is -0.538. The number of ether oxygens (including phenoxy) is 1. The van der Waals surface area contributed by atoms with E-state index in [1.165, 1.54) is 46.5 Å². The summed E-state index contributed by atoms with van der Waals surface area (Å²) in [7, 11) is 0. The fourth-order valence-corrected chi connectivity index (χ4v) is 6.78. The molecule has 2 aromatic heterocycles. The molecule has 36 heavy (non-hydrogen) atoms. The van der Waals surface area contributed by atoms with E-state index in [-0.39, 0.29) is 29.0 Å². The summed E-state index contributed by atoms with van der Waals surface area (Å²) in [5, 5.41) is 7.77. The number of benzene rings is 1. The van der Waals surface area contributed by atoms with Crippen LogP contribution in [0.5, 0.6) is 0 Å². The molecule has 2 heterocycles. The minimum Gasteiger partial charge on any atom is -0.462 e. The van der Waals surface area contributed by atoms with Crippen molar-refractivity contribution in [2.75, 3.05) is 42.8 Å². The number of fused-ring (bicyclic) bond motifs is 2. The van der Waals surface area contributed by atoms with Gasteiger partial charge < -0.3 is 4.74 Å². The molecule has 3 aromatic rings. The van der Waals surface area contributed by atoms with Gasteiger partial charge in [-0.25, -0.2) is 34.8 Å². The van der Waals surface area contributed by atoms with E-state index in [0.717, 1.165) is 0 Å². The van der Waals surface area contributed by atoms with E-state index < -0.39 is 5.97 Å². The van der Waals surface area contributed by atoms with Crippen molar-refractivity contribution in [3.63, 3.8) is 0 Å². The summed E-state index contributed by atoms with van der Waals surface area (Å²) in [5.41, 5.74) is 1.00. The molecule has 0 fully saturated rings. The van der Waals surface area contributed by atoms with Crippen molar-refractivity contribution >= 4 is 82.8 Å². The van der Waals surface area contributed by atoms with Gasteiger partial charge in [-0.2, -0.15) is 0 Å². The first-order valence-electron chi connectivity index (χ1n) is 11.8. The van der Waals surface area contributed by atoms with Crippen LogP contribution in [0.2, 0.25) is 5.02 Å². The fraction of sp³-hybridized carbons (Fsp3) is 0.522. The molecule has 0 unspecified atom stereocenters. The first-order valence-corrected chi connectivity index (χ1v) is 13.9. The number of hydrazine groups is 2. The number of anilines is 2. The topological polar surface area (TPSA) is 99.2 Å². The molecule has 10 nitrogen and oxygen atoms in total. The predicted molar refractivity (Wildman–Crippen MR) is 146 cm³/mol. The highest BCUT2D eigenvalue weighted by molar-refractivity contribution is 7.25. The highest BCUT2D eigenvalue weighted by Gasteiger charge is 2.31. The maximum atomic E-state index is 13.2. The molecule has 0 aliphatic rings. The molecule has 0 aliphatic heterocycles. The molecule has 0 saturated heterocycles. The van der Waals surface area contributed by atoms with Crippen molar-refractivity contribution in [2.45, 2.75) is 48.5 Å². The van der Waals surface area contributed by atoms with Crippen molar-refractivity contribution in [1.29, 1.82) is 0 Å². The van der Waals surface area contributed by atoms with E-state index in [0.29, 0.717) is 56.9 Å². The maximum absolute atomic E-state index is 13.2. The Hall–Kier alpha value is -2.38. The highest BCUT2D eigenvalue weighted by Crippen LogP contribution is 2.45. The first kappa shape index (κ1) is 28.2. The van der Waals surface area contributed by atoms with Crippen LogP contribution in [-0.2, 0) is 14.3 Å². The number of nitrogens with zero attached hydrogens (tertiary/aromatic N) is 6. The zero-order valence-electron chi connectivity index (χ0n) is 21.5. The van der Waals surface area contributed by atoms with Crippen LogP contribution in [0.4, 0.5) is 10.3 Å². The van der Waals surface area contributed by atoms with Crippen molar-refractivity contribution in [2.24, 2.45) is 0 Å². The summed E-state index contributed by atoms with van der Waals surface area (Å²) in [6.07, 6.45) is 0. The van der Waals surface area contributed by atoms with Crippen LogP contribution in [0.15, 0.2) is 0 Å². The molecule has 0 bridgehead atoms. The van der Waals surface area contributed by atoms with Crippen LogP contribution in [0.3, 0.4) is 0 Å². The zero-order chi connectivity index (χ0) is 26.7. The van der Waals surface area contributed by atoms with Gasteiger partial charge in [0.05, 0.1) is 26.6 Å². The largest absolute Gasteiger partial charge is 0.462 e. The van der Waals surface area contributed by atoms with Gasteiger partial charge in [-0.1, -0.05) is 62.0 Å². The fourth-order valence-electron chi connectivity index (χ4n) is 3.96. The lowest BCUT2D eigenvalue weighted by Gasteiger charge is -2.30. The number of thiazole rings is 2. The minimum absolute atomic E-state index is 0.180. The van der Waals surface area contributed by atoms with Crippen LogP contribution in [0, 0.1) is 0 Å². The van der Waals surface area contributed by atoms with Crippen LogP contribution >= 0.6 is 34.3 Å². The van der Waals surface area contributed by atoms with E-state index in [9.17, 15) is 14.4 Å². The second-order valence-corrected chi connectivity index (χ2v) is 10.0. The van der Waals surface area contributed by atoms with Gasteiger partial charge in [0.15, 0.2) is 0 Å². The van der Waals surface area contributed by atoms with Gasteiger partial charge in [0, 0.05) is 40.0 Å². The van der Waals surface area contributed by atoms with Crippen molar-refractivity contribution in [3.8, 4) is 0 Å². The van der Waals surface area contributed by atoms with E-state index >= 15 is 0 Å². The summed E-state index contributed by atoms with van der Waals surface area (Å²) in [6, 6.07) is 0. The zero-order valence-corrected chi connectivity index (χ0v) is 23.9. The number of halogens is 1. The number of carbonyl (C=O) groups excluding carboxylic acids is 3. The van der Waals surface area contributed by atoms with E-state index in [2.05, 4.69) is 9.97 Å². The van der Waals surface area contributed by atoms with Crippen molar-refractivity contribution in [1.82, 2.24) is 20.0 Å². The lowest BCUT2D eigenvalue weighted by molar-refractivity contribution is -0.120. The maximum Gasteiger partial charge on any atom is 0.341 e. The molecule has 13 heteroatoms. The van der Waals surface area contributed by atoms with Gasteiger partial charge in [-0.05, 0) is 6.92 Å². The molecule has 3 rings (SSSR count). The Morgan fingerprint density at radius 2 is 1.17 bits per heavy atom. The number of esters is 1. The van der Waals surface area contributed by atoms with Gasteiger partial charge >= 0.3 is 5.97 Å². The summed E-state index contributed by atoms with van der Waals surface area (Å²) < 4.78 is 6.40. The second-order valence-electron chi connectivity index (χ2n) is 7.70. The number of aromatic nitrogens is 2. The Morgan fingerprint density at radius 3 is 1.47 bits per heavy atom. The average molecular weight is 555 g/mol. The van der Waals surface area contributed by atoms with E-state index in [1.807, 2.05) is 37.7 Å². The number of rotatable bonds is 10. The van der Waals surface area contributed by atoms with E-state index in [4.69, 9.17) is 16.3 Å². The summed E-state index contributed by atoms with van der Waals surface area (Å²) in [5.74, 6) is -0.945. The highest BCUT2D eigenvalue weighted by atomic mass is 35.5. The summed E-state index contributed by atoms with van der Waals surface area (Å²) >= 11 is 9.21. The normalized spacial score (nSPS) is 11.6. The Morgan fingerprint density at radius 1 is 0.778 bits per heavy atom. The molecule has 2 amide bonds. The molecule has 0 saturated carbocycles. The second kappa shape index (κ2) is 11.8. The smallest absolute Gasteiger partial charge is 0.341 e. The predicted octanol–water partition coefficient (Wildman–Crippen LogP) is 4.96. The average Bonchev–Trinajstić information content (AvgIpc) is 3.45. The Kier molecular flexibility index (Phi) is 9.23. The molecule has 0 spiro atoms. The molecule has 0 atom stereocenters. The summed E-state index contributed by atoms with van der Waals surface area (Å²) in [6.45, 7) is 15.0. The van der Waals surface area contributed by atoms with Gasteiger partial charge in [0.2, 0.25) is 22.1 Å². The quantitative estimate of drug-likeness (QED) is 0.256. The van der Waals surface area contributed by atoms with Crippen LogP contribution in [0.25, 0.3) is 20.4 Å². The van der Waals surface area contributed by atoms with Gasteiger partial charge in [0.25, 0.3) is 0 Å². The number of hydrogen-bond acceptors (Lipinski definition) is 10. The van der Waals surface area contributed by atoms with E-state index in [1.54, 1.807) is 6.92 Å². The third kappa shape index (κ3) is 5.05. The van der Waals surface area contributed by atoms with Gasteiger partial charge in [-0.3, -0.25) is 9.59 Å². The Balaban J connectivity index is 2.35. The number of carbonyl (C=O) groups is 3. The monoisotopic (exact) mass is 554 g/mol. The Bertz CT molecular complexity index is 1200. The lowest BCUT2D eigenvalue weighted by Crippen LogP contribution is -2.45. The number of hydrogen-bond donors (Lipinski definition) is 0. The van der Waals surface area contributed by atoms with Crippen LogP contribution in [0.1, 0.15) is 58.8 Å². The molecular formula is C23H31ClN6O4S2. The van der Waals surface area contributed by atoms with Gasteiger partial charge in [0.1, 0.15) is 11.0 Å². The van der Waals surface area contributed by atoms with Crippen LogP contribution in [-0.4, -0.2) is 70.6 Å². The van der Waals surface area contributed by atoms with Crippen LogP contribution < -0.4 is 10.0 Å². The van der Waals surface area contributed by atoms with Crippen molar-refractivity contribution in [3.05, 3.63) is 10.6 Å². The molecule has 1 aromatic carbocycles. The van der Waals surface area contributed by atoms with Gasteiger partial charge in [-0.15, -0.1) is 0 Å².